The summed E-state index contributed by atoms with van der Waals surface area (Å²) in [6.45, 7) is 3.79. The molecule has 4 fully saturated rings. The lowest BCUT2D eigenvalue weighted by Crippen LogP contribution is -2.59. The van der Waals surface area contributed by atoms with E-state index in [1.807, 2.05) is 12.3 Å². The second-order valence-corrected chi connectivity index (χ2v) is 8.18. The van der Waals surface area contributed by atoms with Crippen LogP contribution in [0.25, 0.3) is 0 Å². The third-order valence-corrected chi connectivity index (χ3v) is 6.39. The number of halogens is 1. The van der Waals surface area contributed by atoms with Crippen LogP contribution in [0.4, 0.5) is 17.1 Å². The van der Waals surface area contributed by atoms with Gasteiger partial charge in [-0.15, -0.1) is 0 Å². The molecule has 4 aliphatic rings. The lowest BCUT2D eigenvalue weighted by Gasteiger charge is -2.61. The van der Waals surface area contributed by atoms with Gasteiger partial charge in [0.2, 0.25) is 0 Å². The Kier molecular flexibility index (Phi) is 3.72. The van der Waals surface area contributed by atoms with Gasteiger partial charge in [-0.25, -0.2) is 0 Å². The average molecular weight is 371 g/mol. The van der Waals surface area contributed by atoms with Crippen LogP contribution < -0.4 is 15.5 Å². The van der Waals surface area contributed by atoms with Crippen LogP contribution in [-0.4, -0.2) is 42.2 Å². The maximum absolute atomic E-state index is 7.74. The highest BCUT2D eigenvalue weighted by atomic mass is 35.5. The fraction of sp³-hybridized carbons (Fsp3) is 0.474. The second kappa shape index (κ2) is 5.99. The smallest absolute Gasteiger partial charge is 0.0770 e. The molecule has 3 aliphatic carbocycles. The molecule has 6 rings (SSSR count). The van der Waals surface area contributed by atoms with E-state index in [2.05, 4.69) is 37.6 Å². The molecular formula is C19H23ClN6. The summed E-state index contributed by atoms with van der Waals surface area (Å²) < 4.78 is 2.13. The van der Waals surface area contributed by atoms with Crippen LogP contribution >= 0.6 is 11.6 Å². The fourth-order valence-corrected chi connectivity index (χ4v) is 4.76. The van der Waals surface area contributed by atoms with E-state index in [0.717, 1.165) is 54.7 Å². The fourth-order valence-electron chi connectivity index (χ4n) is 4.47. The summed E-state index contributed by atoms with van der Waals surface area (Å²) in [6.07, 6.45) is 9.15. The highest BCUT2D eigenvalue weighted by molar-refractivity contribution is 6.33. The Morgan fingerprint density at radius 3 is 2.69 bits per heavy atom. The zero-order chi connectivity index (χ0) is 17.7. The molecule has 1 aliphatic heterocycles. The highest BCUT2D eigenvalue weighted by Crippen LogP contribution is 2.62. The molecule has 3 N–H and O–H groups in total. The molecule has 2 heterocycles. The highest BCUT2D eigenvalue weighted by Gasteiger charge is 2.58. The van der Waals surface area contributed by atoms with Gasteiger partial charge in [0.05, 0.1) is 28.1 Å². The van der Waals surface area contributed by atoms with Crippen molar-refractivity contribution in [1.82, 2.24) is 15.1 Å². The van der Waals surface area contributed by atoms with E-state index in [1.165, 1.54) is 25.5 Å². The standard InChI is InChI=1S/C19H23ClN6/c20-16-5-14(10-21)17(6-18(16)25-3-1-22-2-4-25)24-15-11-23-26(12-15)19-7-13(8-19)9-19/h5-6,10-13,21-22,24H,1-4,7-9H2. The van der Waals surface area contributed by atoms with Crippen molar-refractivity contribution in [3.8, 4) is 0 Å². The summed E-state index contributed by atoms with van der Waals surface area (Å²) in [7, 11) is 0. The predicted octanol–water partition coefficient (Wildman–Crippen LogP) is 3.20. The van der Waals surface area contributed by atoms with Crippen LogP contribution in [-0.2, 0) is 5.54 Å². The van der Waals surface area contributed by atoms with Gasteiger partial charge in [-0.2, -0.15) is 5.10 Å². The minimum absolute atomic E-state index is 0.293. The molecule has 0 spiro atoms. The van der Waals surface area contributed by atoms with Crippen LogP contribution in [0.5, 0.6) is 0 Å². The average Bonchev–Trinajstić information content (AvgIpc) is 3.02. The van der Waals surface area contributed by atoms with Gasteiger partial charge in [-0.3, -0.25) is 4.68 Å². The molecule has 1 aromatic heterocycles. The van der Waals surface area contributed by atoms with E-state index in [1.54, 1.807) is 0 Å². The van der Waals surface area contributed by atoms with Crippen LogP contribution in [0, 0.1) is 11.3 Å². The SMILES string of the molecule is N=Cc1cc(Cl)c(N2CCNCC2)cc1Nc1cnn(C23CC(C2)C3)c1. The van der Waals surface area contributed by atoms with Crippen LogP contribution in [0.15, 0.2) is 24.5 Å². The Labute approximate surface area is 158 Å². The van der Waals surface area contributed by atoms with Gasteiger partial charge in [-0.05, 0) is 37.3 Å². The first-order valence-electron chi connectivity index (χ1n) is 9.29. The van der Waals surface area contributed by atoms with Gasteiger partial charge in [0, 0.05) is 49.8 Å². The van der Waals surface area contributed by atoms with Crippen molar-refractivity contribution in [1.29, 1.82) is 5.41 Å². The number of hydrogen-bond acceptors (Lipinski definition) is 5. The third-order valence-electron chi connectivity index (χ3n) is 6.09. The first kappa shape index (κ1) is 16.1. The molecule has 1 aromatic carbocycles. The lowest BCUT2D eigenvalue weighted by atomic mass is 9.50. The molecule has 7 heteroatoms. The molecule has 0 unspecified atom stereocenters. The summed E-state index contributed by atoms with van der Waals surface area (Å²) in [5.41, 5.74) is 3.96. The van der Waals surface area contributed by atoms with Crippen LogP contribution in [0.1, 0.15) is 24.8 Å². The molecule has 2 aromatic rings. The van der Waals surface area contributed by atoms with E-state index in [-0.39, 0.29) is 0 Å². The monoisotopic (exact) mass is 370 g/mol. The Hall–Kier alpha value is -2.05. The molecular weight excluding hydrogens is 348 g/mol. The second-order valence-electron chi connectivity index (χ2n) is 7.77. The van der Waals surface area contributed by atoms with Crippen molar-refractivity contribution in [2.75, 3.05) is 36.4 Å². The van der Waals surface area contributed by atoms with Gasteiger partial charge in [0.1, 0.15) is 0 Å². The molecule has 2 bridgehead atoms. The lowest BCUT2D eigenvalue weighted by molar-refractivity contribution is -0.0977. The first-order chi connectivity index (χ1) is 12.7. The van der Waals surface area contributed by atoms with Gasteiger partial charge in [0.15, 0.2) is 0 Å². The Balaban J connectivity index is 1.42. The summed E-state index contributed by atoms with van der Waals surface area (Å²) >= 11 is 6.50. The molecule has 0 radical (unpaired) electrons. The summed E-state index contributed by atoms with van der Waals surface area (Å²) in [5.74, 6) is 0.929. The number of hydrogen-bond donors (Lipinski definition) is 3. The molecule has 136 valence electrons. The Morgan fingerprint density at radius 1 is 1.27 bits per heavy atom. The van der Waals surface area contributed by atoms with E-state index in [4.69, 9.17) is 17.0 Å². The maximum Gasteiger partial charge on any atom is 0.0770 e. The molecule has 1 saturated heterocycles. The van der Waals surface area contributed by atoms with Crippen molar-refractivity contribution in [3.63, 3.8) is 0 Å². The number of aromatic nitrogens is 2. The van der Waals surface area contributed by atoms with Crippen molar-refractivity contribution < 1.29 is 0 Å². The zero-order valence-corrected chi connectivity index (χ0v) is 15.4. The minimum atomic E-state index is 0.293. The van der Waals surface area contributed by atoms with Crippen molar-refractivity contribution in [2.24, 2.45) is 5.92 Å². The van der Waals surface area contributed by atoms with E-state index in [9.17, 15) is 0 Å². The van der Waals surface area contributed by atoms with E-state index < -0.39 is 0 Å². The number of nitrogens with zero attached hydrogens (tertiary/aromatic N) is 3. The van der Waals surface area contributed by atoms with Crippen LogP contribution in [0.3, 0.4) is 0 Å². The zero-order valence-electron chi connectivity index (χ0n) is 14.6. The number of anilines is 3. The van der Waals surface area contributed by atoms with Crippen LogP contribution in [0.2, 0.25) is 5.02 Å². The summed E-state index contributed by atoms with van der Waals surface area (Å²) in [5, 5.41) is 19.8. The number of piperazine rings is 1. The molecule has 0 amide bonds. The van der Waals surface area contributed by atoms with E-state index in [0.29, 0.717) is 10.6 Å². The number of nitrogens with one attached hydrogen (secondary N) is 3. The number of benzene rings is 1. The normalized spacial score (nSPS) is 26.8. The third kappa shape index (κ3) is 2.51. The van der Waals surface area contributed by atoms with Crippen molar-refractivity contribution >= 4 is 34.9 Å². The van der Waals surface area contributed by atoms with Crippen molar-refractivity contribution in [2.45, 2.75) is 24.8 Å². The molecule has 26 heavy (non-hydrogen) atoms. The predicted molar refractivity (Wildman–Crippen MR) is 105 cm³/mol. The van der Waals surface area contributed by atoms with Gasteiger partial charge < -0.3 is 20.9 Å². The van der Waals surface area contributed by atoms with Crippen molar-refractivity contribution in [3.05, 3.63) is 35.1 Å². The minimum Gasteiger partial charge on any atom is -0.368 e. The first-order valence-corrected chi connectivity index (χ1v) is 9.66. The Morgan fingerprint density at radius 2 is 2.04 bits per heavy atom. The molecule has 6 nitrogen and oxygen atoms in total. The largest absolute Gasteiger partial charge is 0.368 e. The summed E-state index contributed by atoms with van der Waals surface area (Å²) in [4.78, 5) is 2.29. The molecule has 0 atom stereocenters. The Bertz CT molecular complexity index is 837. The topological polar surface area (TPSA) is 69.0 Å². The molecule has 3 saturated carbocycles. The van der Waals surface area contributed by atoms with Gasteiger partial charge in [0.25, 0.3) is 0 Å². The van der Waals surface area contributed by atoms with Gasteiger partial charge >= 0.3 is 0 Å². The van der Waals surface area contributed by atoms with E-state index >= 15 is 0 Å². The number of rotatable bonds is 5. The quantitative estimate of drug-likeness (QED) is 0.707. The maximum atomic E-state index is 7.74. The summed E-state index contributed by atoms with van der Waals surface area (Å²) in [6, 6.07) is 3.94. The van der Waals surface area contributed by atoms with Gasteiger partial charge in [-0.1, -0.05) is 11.6 Å².